The second-order valence-corrected chi connectivity index (χ2v) is 5.84. The van der Waals surface area contributed by atoms with E-state index in [9.17, 15) is 31.4 Å². The monoisotopic (exact) mass is 369 g/mol. The van der Waals surface area contributed by atoms with Gasteiger partial charge in [0.15, 0.2) is 12.7 Å². The van der Waals surface area contributed by atoms with Crippen molar-refractivity contribution in [3.05, 3.63) is 30.2 Å². The van der Waals surface area contributed by atoms with Gasteiger partial charge < -0.3 is 10.8 Å². The lowest BCUT2D eigenvalue weighted by Gasteiger charge is -2.24. The van der Waals surface area contributed by atoms with Gasteiger partial charge in [-0.3, -0.25) is 4.68 Å². The Balaban J connectivity index is 2.73. The van der Waals surface area contributed by atoms with Gasteiger partial charge in [-0.15, -0.1) is 0 Å². The van der Waals surface area contributed by atoms with Crippen LogP contribution in [0.5, 0.6) is 0 Å². The molecule has 0 aromatic carbocycles. The zero-order valence-corrected chi connectivity index (χ0v) is 13.2. The smallest absolute Gasteiger partial charge is 0.394 e. The van der Waals surface area contributed by atoms with Crippen molar-refractivity contribution < 1.29 is 36.0 Å². The molecule has 1 atom stereocenters. The summed E-state index contributed by atoms with van der Waals surface area (Å²) in [6.07, 6.45) is -6.70. The molecule has 25 heavy (non-hydrogen) atoms. The fraction of sp³-hybridized carbons (Fsp3) is 0.429. The highest BCUT2D eigenvalue weighted by Crippen LogP contribution is 2.37. The van der Waals surface area contributed by atoms with Gasteiger partial charge in [0.05, 0.1) is 17.4 Å². The first-order chi connectivity index (χ1) is 11.2. The fourth-order valence-corrected chi connectivity index (χ4v) is 2.30. The molecule has 2 rings (SSSR count). The number of anilines is 1. The van der Waals surface area contributed by atoms with Crippen molar-refractivity contribution >= 4 is 5.69 Å². The summed E-state index contributed by atoms with van der Waals surface area (Å²) < 4.78 is 80.9. The van der Waals surface area contributed by atoms with Crippen molar-refractivity contribution in [1.29, 1.82) is 0 Å². The van der Waals surface area contributed by atoms with Crippen LogP contribution in [0.2, 0.25) is 0 Å². The number of hydrogen-bond donors (Lipinski definition) is 2. The summed E-state index contributed by atoms with van der Waals surface area (Å²) in [5.41, 5.74) is -0.0737. The van der Waals surface area contributed by atoms with Gasteiger partial charge in [-0.25, -0.2) is 0 Å². The van der Waals surface area contributed by atoms with Crippen LogP contribution in [0.25, 0.3) is 11.3 Å². The van der Waals surface area contributed by atoms with Crippen LogP contribution in [-0.2, 0) is 19.8 Å². The molecule has 0 spiro atoms. The molecule has 0 saturated carbocycles. The molecule has 0 amide bonds. The third kappa shape index (κ3) is 3.86. The topological polar surface area (TPSA) is 68.0 Å². The molecule has 0 radical (unpaired) electrons. The van der Waals surface area contributed by atoms with E-state index in [1.54, 1.807) is 0 Å². The molecule has 0 saturated heterocycles. The van der Waals surface area contributed by atoms with Crippen molar-refractivity contribution in [3.63, 3.8) is 0 Å². The van der Waals surface area contributed by atoms with E-state index in [2.05, 4.69) is 5.10 Å². The first-order valence-electron chi connectivity index (χ1n) is 6.90. The number of pyridine rings is 1. The van der Waals surface area contributed by atoms with Gasteiger partial charge in [0, 0.05) is 13.2 Å². The molecule has 3 N–H and O–H groups in total. The summed E-state index contributed by atoms with van der Waals surface area (Å²) >= 11 is 0. The first kappa shape index (κ1) is 19.0. The lowest BCUT2D eigenvalue weighted by atomic mass is 10.0. The minimum Gasteiger partial charge on any atom is -0.394 e. The quantitative estimate of drug-likeness (QED) is 0.644. The largest absolute Gasteiger partial charge is 0.423 e. The number of rotatable bonds is 3. The molecule has 0 fully saturated rings. The summed E-state index contributed by atoms with van der Waals surface area (Å²) in [7, 11) is 1.45. The highest BCUT2D eigenvalue weighted by atomic mass is 19.4. The van der Waals surface area contributed by atoms with Gasteiger partial charge in [0.25, 0.3) is 0 Å². The van der Waals surface area contributed by atoms with Crippen LogP contribution in [0.1, 0.15) is 12.5 Å². The number of aliphatic hydroxyl groups is 1. The standard InChI is InChI=1S/C14H15F6N4O/c1-12(25,14(18,19)20)7-24-6-9(21)3-10(13(15,16)17)11(24)8-4-22-23(2)5-8/h3-6,25H,7,21H2,1-2H3/q+1. The van der Waals surface area contributed by atoms with Crippen LogP contribution >= 0.6 is 0 Å². The van der Waals surface area contributed by atoms with Crippen LogP contribution in [0.15, 0.2) is 24.7 Å². The van der Waals surface area contributed by atoms with E-state index in [0.717, 1.165) is 12.4 Å². The Morgan fingerprint density at radius 3 is 2.28 bits per heavy atom. The lowest BCUT2D eigenvalue weighted by Crippen LogP contribution is -2.55. The van der Waals surface area contributed by atoms with E-state index >= 15 is 0 Å². The van der Waals surface area contributed by atoms with Crippen LogP contribution in [-0.4, -0.2) is 26.7 Å². The Kier molecular flexibility index (Phi) is 4.49. The first-order valence-corrected chi connectivity index (χ1v) is 6.90. The average Bonchev–Trinajstić information content (AvgIpc) is 2.81. The molecular formula is C14H15F6N4O+. The summed E-state index contributed by atoms with van der Waals surface area (Å²) in [5, 5.41) is 13.4. The Hall–Kier alpha value is -2.30. The van der Waals surface area contributed by atoms with Crippen molar-refractivity contribution in [2.45, 2.75) is 31.4 Å². The number of aryl methyl sites for hydroxylation is 1. The summed E-state index contributed by atoms with van der Waals surface area (Å²) in [4.78, 5) is 0. The van der Waals surface area contributed by atoms with Crippen molar-refractivity contribution in [3.8, 4) is 11.3 Å². The second kappa shape index (κ2) is 5.90. The molecule has 0 bridgehead atoms. The van der Waals surface area contributed by atoms with E-state index in [-0.39, 0.29) is 5.56 Å². The third-order valence-electron chi connectivity index (χ3n) is 3.53. The molecule has 2 aromatic rings. The minimum atomic E-state index is -5.05. The molecule has 0 aliphatic carbocycles. The van der Waals surface area contributed by atoms with Crippen LogP contribution in [0.4, 0.5) is 32.0 Å². The molecule has 11 heteroatoms. The number of aromatic nitrogens is 3. The van der Waals surface area contributed by atoms with Crippen LogP contribution in [0.3, 0.4) is 0 Å². The number of nitrogens with two attached hydrogens (primary N) is 1. The van der Waals surface area contributed by atoms with E-state index in [0.29, 0.717) is 17.6 Å². The lowest BCUT2D eigenvalue weighted by molar-refractivity contribution is -0.705. The van der Waals surface area contributed by atoms with Gasteiger partial charge in [0.1, 0.15) is 5.56 Å². The van der Waals surface area contributed by atoms with Crippen LogP contribution in [0, 0.1) is 0 Å². The van der Waals surface area contributed by atoms with E-state index in [4.69, 9.17) is 5.73 Å². The molecular weight excluding hydrogens is 354 g/mol. The van der Waals surface area contributed by atoms with Crippen LogP contribution < -0.4 is 10.3 Å². The van der Waals surface area contributed by atoms with E-state index < -0.39 is 41.4 Å². The zero-order valence-electron chi connectivity index (χ0n) is 13.2. The minimum absolute atomic E-state index is 0.0622. The molecule has 0 aliphatic rings. The van der Waals surface area contributed by atoms with Crippen molar-refractivity contribution in [1.82, 2.24) is 9.78 Å². The van der Waals surface area contributed by atoms with E-state index in [1.807, 2.05) is 0 Å². The number of alkyl halides is 6. The second-order valence-electron chi connectivity index (χ2n) is 5.84. The molecule has 5 nitrogen and oxygen atoms in total. The predicted molar refractivity (Wildman–Crippen MR) is 74.9 cm³/mol. The normalized spacial score (nSPS) is 15.2. The SMILES string of the molecule is Cn1cc(-c2c(C(F)(F)F)cc(N)c[n+]2CC(C)(O)C(F)(F)F)cn1. The summed E-state index contributed by atoms with van der Waals surface area (Å²) in [6.45, 7) is -0.696. The molecule has 2 heterocycles. The number of halogens is 6. The molecule has 0 aliphatic heterocycles. The van der Waals surface area contributed by atoms with Gasteiger partial charge >= 0.3 is 12.4 Å². The Labute approximate surface area is 138 Å². The maximum Gasteiger partial charge on any atom is 0.423 e. The maximum absolute atomic E-state index is 13.4. The summed E-state index contributed by atoms with van der Waals surface area (Å²) in [5.74, 6) is 0. The van der Waals surface area contributed by atoms with E-state index in [1.165, 1.54) is 17.9 Å². The third-order valence-corrected chi connectivity index (χ3v) is 3.53. The highest BCUT2D eigenvalue weighted by Gasteiger charge is 2.54. The van der Waals surface area contributed by atoms with Crippen molar-refractivity contribution in [2.75, 3.05) is 5.73 Å². The van der Waals surface area contributed by atoms with Gasteiger partial charge in [-0.1, -0.05) is 0 Å². The number of nitrogen functional groups attached to an aromatic ring is 1. The maximum atomic E-state index is 13.4. The van der Waals surface area contributed by atoms with Gasteiger partial charge in [-0.2, -0.15) is 36.0 Å². The Bertz CT molecular complexity index is 779. The predicted octanol–water partition coefficient (Wildman–Crippen LogP) is 2.29. The Morgan fingerprint density at radius 1 is 1.24 bits per heavy atom. The van der Waals surface area contributed by atoms with Gasteiger partial charge in [-0.05, 0) is 13.0 Å². The molecule has 2 aromatic heterocycles. The van der Waals surface area contributed by atoms with Crippen molar-refractivity contribution in [2.24, 2.45) is 7.05 Å². The fourth-order valence-electron chi connectivity index (χ4n) is 2.30. The number of nitrogens with zero attached hydrogens (tertiary/aromatic N) is 3. The zero-order chi connectivity index (χ0) is 19.2. The average molecular weight is 369 g/mol. The highest BCUT2D eigenvalue weighted by molar-refractivity contribution is 5.61. The number of hydrogen-bond acceptors (Lipinski definition) is 3. The molecule has 1 unspecified atom stereocenters. The van der Waals surface area contributed by atoms with Gasteiger partial charge in [0.2, 0.25) is 11.3 Å². The molecule has 138 valence electrons. The Morgan fingerprint density at radius 2 is 1.84 bits per heavy atom. The summed E-state index contributed by atoms with van der Waals surface area (Å²) in [6, 6.07) is 0.626.